The van der Waals surface area contributed by atoms with Crippen LogP contribution >= 0.6 is 0 Å². The molecule has 0 bridgehead atoms. The fraction of sp³-hybridized carbons (Fsp3) is 0.556. The summed E-state index contributed by atoms with van der Waals surface area (Å²) in [5, 5.41) is 0. The molecule has 0 aromatic heterocycles. The number of allylic oxidation sites excluding steroid dienone is 2. The van der Waals surface area contributed by atoms with Crippen molar-refractivity contribution in [1.82, 2.24) is 0 Å². The molecular weight excluding hydrogens is 140 g/mol. The van der Waals surface area contributed by atoms with E-state index in [1.165, 1.54) is 0 Å². The molecule has 1 aliphatic rings. The smallest absolute Gasteiger partial charge is 0.158 e. The van der Waals surface area contributed by atoms with E-state index in [4.69, 9.17) is 0 Å². The van der Waals surface area contributed by atoms with Crippen LogP contribution < -0.4 is 0 Å². The van der Waals surface area contributed by atoms with Gasteiger partial charge in [0.05, 0.1) is 0 Å². The third-order valence-electron chi connectivity index (χ3n) is 1.92. The first-order valence-corrected chi connectivity index (χ1v) is 3.80. The van der Waals surface area contributed by atoms with Gasteiger partial charge in [0.1, 0.15) is 5.78 Å². The summed E-state index contributed by atoms with van der Waals surface area (Å²) in [6.07, 6.45) is 2.96. The Balaban J connectivity index is 2.54. The molecule has 11 heavy (non-hydrogen) atoms. The zero-order valence-corrected chi connectivity index (χ0v) is 6.89. The van der Waals surface area contributed by atoms with E-state index in [-0.39, 0.29) is 17.5 Å². The monoisotopic (exact) mass is 152 g/mol. The molecule has 0 amide bonds. The van der Waals surface area contributed by atoms with Crippen LogP contribution in [0.4, 0.5) is 0 Å². The lowest BCUT2D eigenvalue weighted by atomic mass is 10.0. The highest BCUT2D eigenvalue weighted by atomic mass is 16.1. The second kappa shape index (κ2) is 2.99. The topological polar surface area (TPSA) is 34.1 Å². The largest absolute Gasteiger partial charge is 0.300 e. The van der Waals surface area contributed by atoms with Crippen LogP contribution in [0.1, 0.15) is 26.7 Å². The van der Waals surface area contributed by atoms with E-state index < -0.39 is 0 Å². The predicted octanol–water partition coefficient (Wildman–Crippen LogP) is 1.50. The summed E-state index contributed by atoms with van der Waals surface area (Å²) in [5.74, 6) is 0.532. The molecule has 1 unspecified atom stereocenters. The SMILES string of the molecule is CC(=O)CC1C=C(C)C(=O)C1. The molecule has 1 atom stereocenters. The summed E-state index contributed by atoms with van der Waals surface area (Å²) in [6, 6.07) is 0. The number of carbonyl (C=O) groups is 2. The van der Waals surface area contributed by atoms with Crippen LogP contribution in [0.3, 0.4) is 0 Å². The van der Waals surface area contributed by atoms with E-state index in [1.807, 2.05) is 13.0 Å². The van der Waals surface area contributed by atoms with Crippen molar-refractivity contribution in [3.63, 3.8) is 0 Å². The first-order valence-electron chi connectivity index (χ1n) is 3.80. The Hall–Kier alpha value is -0.920. The minimum Gasteiger partial charge on any atom is -0.300 e. The molecule has 0 aromatic carbocycles. The molecule has 0 heterocycles. The second-order valence-corrected chi connectivity index (χ2v) is 3.14. The predicted molar refractivity (Wildman–Crippen MR) is 42.2 cm³/mol. The van der Waals surface area contributed by atoms with Crippen molar-refractivity contribution in [3.8, 4) is 0 Å². The second-order valence-electron chi connectivity index (χ2n) is 3.14. The maximum Gasteiger partial charge on any atom is 0.158 e. The van der Waals surface area contributed by atoms with Gasteiger partial charge >= 0.3 is 0 Å². The summed E-state index contributed by atoms with van der Waals surface area (Å²) in [5.41, 5.74) is 0.816. The van der Waals surface area contributed by atoms with Gasteiger partial charge < -0.3 is 4.79 Å². The van der Waals surface area contributed by atoms with Crippen molar-refractivity contribution >= 4 is 11.6 Å². The van der Waals surface area contributed by atoms with Crippen LogP contribution in [0.2, 0.25) is 0 Å². The lowest BCUT2D eigenvalue weighted by Gasteiger charge is -2.00. The van der Waals surface area contributed by atoms with E-state index in [2.05, 4.69) is 0 Å². The lowest BCUT2D eigenvalue weighted by molar-refractivity contribution is -0.118. The molecule has 0 radical (unpaired) electrons. The van der Waals surface area contributed by atoms with Gasteiger partial charge in [-0.15, -0.1) is 0 Å². The van der Waals surface area contributed by atoms with E-state index in [9.17, 15) is 9.59 Å². The number of hydrogen-bond donors (Lipinski definition) is 0. The average Bonchev–Trinajstić information content (AvgIpc) is 2.10. The Morgan fingerprint density at radius 1 is 1.73 bits per heavy atom. The van der Waals surface area contributed by atoms with Crippen LogP contribution in [0, 0.1) is 5.92 Å². The zero-order valence-electron chi connectivity index (χ0n) is 6.89. The first-order chi connectivity index (χ1) is 5.09. The molecule has 1 rings (SSSR count). The van der Waals surface area contributed by atoms with Crippen molar-refractivity contribution < 1.29 is 9.59 Å². The van der Waals surface area contributed by atoms with Gasteiger partial charge in [-0.05, 0) is 25.3 Å². The van der Waals surface area contributed by atoms with Crippen molar-refractivity contribution in [2.24, 2.45) is 5.92 Å². The van der Waals surface area contributed by atoms with Gasteiger partial charge in [0.25, 0.3) is 0 Å². The van der Waals surface area contributed by atoms with Gasteiger partial charge in [-0.3, -0.25) is 4.79 Å². The molecule has 0 aliphatic heterocycles. The number of carbonyl (C=O) groups excluding carboxylic acids is 2. The van der Waals surface area contributed by atoms with E-state index in [0.717, 1.165) is 5.57 Å². The molecule has 1 aliphatic carbocycles. The van der Waals surface area contributed by atoms with Gasteiger partial charge in [0.15, 0.2) is 5.78 Å². The highest BCUT2D eigenvalue weighted by molar-refractivity contribution is 5.97. The van der Waals surface area contributed by atoms with Crippen LogP contribution in [0.5, 0.6) is 0 Å². The van der Waals surface area contributed by atoms with Gasteiger partial charge in [0.2, 0.25) is 0 Å². The standard InChI is InChI=1S/C9H12O2/c1-6-3-8(4-7(2)10)5-9(6)11/h3,8H,4-5H2,1-2H3. The third-order valence-corrected chi connectivity index (χ3v) is 1.92. The van der Waals surface area contributed by atoms with Crippen LogP contribution in [0.25, 0.3) is 0 Å². The third kappa shape index (κ3) is 2.00. The van der Waals surface area contributed by atoms with Crippen molar-refractivity contribution in [2.45, 2.75) is 26.7 Å². The quantitative estimate of drug-likeness (QED) is 0.601. The number of rotatable bonds is 2. The first kappa shape index (κ1) is 8.18. The highest BCUT2D eigenvalue weighted by Gasteiger charge is 2.21. The van der Waals surface area contributed by atoms with E-state index in [1.54, 1.807) is 6.92 Å². The maximum absolute atomic E-state index is 11.0. The Kier molecular flexibility index (Phi) is 2.22. The summed E-state index contributed by atoms with van der Waals surface area (Å²) in [4.78, 5) is 21.7. The summed E-state index contributed by atoms with van der Waals surface area (Å²) in [7, 11) is 0. The van der Waals surface area contributed by atoms with Crippen molar-refractivity contribution in [1.29, 1.82) is 0 Å². The van der Waals surface area contributed by atoms with Gasteiger partial charge in [-0.1, -0.05) is 6.08 Å². The van der Waals surface area contributed by atoms with Gasteiger partial charge in [0, 0.05) is 12.8 Å². The summed E-state index contributed by atoms with van der Waals surface area (Å²) >= 11 is 0. The summed E-state index contributed by atoms with van der Waals surface area (Å²) in [6.45, 7) is 3.37. The van der Waals surface area contributed by atoms with Crippen molar-refractivity contribution in [3.05, 3.63) is 11.6 Å². The molecule has 0 fully saturated rings. The van der Waals surface area contributed by atoms with E-state index >= 15 is 0 Å². The normalized spacial score (nSPS) is 23.6. The molecule has 0 saturated heterocycles. The Labute approximate surface area is 66.3 Å². The minimum atomic E-state index is 0.161. The van der Waals surface area contributed by atoms with Crippen LogP contribution in [-0.4, -0.2) is 11.6 Å². The Morgan fingerprint density at radius 2 is 2.36 bits per heavy atom. The minimum absolute atomic E-state index is 0.161. The average molecular weight is 152 g/mol. The fourth-order valence-electron chi connectivity index (χ4n) is 1.40. The van der Waals surface area contributed by atoms with E-state index in [0.29, 0.717) is 12.8 Å². The molecular formula is C9H12O2. The molecule has 0 aromatic rings. The van der Waals surface area contributed by atoms with Crippen LogP contribution in [0.15, 0.2) is 11.6 Å². The van der Waals surface area contributed by atoms with Crippen LogP contribution in [-0.2, 0) is 9.59 Å². The Morgan fingerprint density at radius 3 is 2.73 bits per heavy atom. The molecule has 2 nitrogen and oxygen atoms in total. The van der Waals surface area contributed by atoms with Gasteiger partial charge in [-0.2, -0.15) is 0 Å². The fourth-order valence-corrected chi connectivity index (χ4v) is 1.40. The number of ketones is 2. The Bertz CT molecular complexity index is 226. The molecule has 2 heteroatoms. The number of Topliss-reactive ketones (excluding diaryl/α,β-unsaturated/α-hetero) is 2. The lowest BCUT2D eigenvalue weighted by Crippen LogP contribution is -2.02. The molecule has 0 spiro atoms. The zero-order chi connectivity index (χ0) is 8.43. The molecule has 0 saturated carbocycles. The molecule has 60 valence electrons. The maximum atomic E-state index is 11.0. The number of hydrogen-bond acceptors (Lipinski definition) is 2. The summed E-state index contributed by atoms with van der Waals surface area (Å²) < 4.78 is 0. The highest BCUT2D eigenvalue weighted by Crippen LogP contribution is 2.23. The van der Waals surface area contributed by atoms with Crippen molar-refractivity contribution in [2.75, 3.05) is 0 Å². The van der Waals surface area contributed by atoms with Gasteiger partial charge in [-0.25, -0.2) is 0 Å². The molecule has 0 N–H and O–H groups in total.